The topological polar surface area (TPSA) is 20.2 Å². The zero-order valence-corrected chi connectivity index (χ0v) is 10.6. The molecular weight excluding hydrogens is 243 g/mol. The molecular formula is C13H14Cl2O. The van der Waals surface area contributed by atoms with Gasteiger partial charge < -0.3 is 5.11 Å². The van der Waals surface area contributed by atoms with E-state index in [-0.39, 0.29) is 0 Å². The van der Waals surface area contributed by atoms with Crippen molar-refractivity contribution in [2.75, 3.05) is 0 Å². The fraction of sp³-hybridized carbons (Fsp3) is 0.308. The van der Waals surface area contributed by atoms with Crippen LogP contribution in [-0.4, -0.2) is 11.2 Å². The number of aliphatic hydroxyl groups is 1. The Kier molecular flexibility index (Phi) is 5.11. The predicted molar refractivity (Wildman–Crippen MR) is 69.1 cm³/mol. The predicted octanol–water partition coefficient (Wildman–Crippen LogP) is 4.02. The summed E-state index contributed by atoms with van der Waals surface area (Å²) in [6.45, 7) is 5.26. The first-order chi connectivity index (χ1) is 7.52. The first kappa shape index (κ1) is 13.3. The Hall–Kier alpha value is -0.720. The summed E-state index contributed by atoms with van der Waals surface area (Å²) >= 11 is 11.8. The molecule has 0 spiro atoms. The van der Waals surface area contributed by atoms with Crippen molar-refractivity contribution < 1.29 is 5.11 Å². The van der Waals surface area contributed by atoms with Crippen molar-refractivity contribution in [3.63, 3.8) is 0 Å². The lowest BCUT2D eigenvalue weighted by atomic mass is 10.0. The van der Waals surface area contributed by atoms with Gasteiger partial charge in [-0.1, -0.05) is 29.8 Å². The summed E-state index contributed by atoms with van der Waals surface area (Å²) in [7, 11) is 0. The van der Waals surface area contributed by atoms with E-state index in [1.807, 2.05) is 12.1 Å². The van der Waals surface area contributed by atoms with Crippen LogP contribution in [0.5, 0.6) is 0 Å². The lowest BCUT2D eigenvalue weighted by Crippen LogP contribution is -2.04. The van der Waals surface area contributed by atoms with E-state index in [9.17, 15) is 5.11 Å². The van der Waals surface area contributed by atoms with Crippen LogP contribution in [0.15, 0.2) is 36.1 Å². The van der Waals surface area contributed by atoms with Gasteiger partial charge in [-0.2, -0.15) is 0 Å². The van der Waals surface area contributed by atoms with Gasteiger partial charge in [-0.05, 0) is 49.1 Å². The largest absolute Gasteiger partial charge is 0.388 e. The van der Waals surface area contributed by atoms with Crippen molar-refractivity contribution in [2.24, 2.45) is 0 Å². The summed E-state index contributed by atoms with van der Waals surface area (Å²) in [4.78, 5) is 0. The normalized spacial score (nSPS) is 12.0. The van der Waals surface area contributed by atoms with Crippen LogP contribution in [-0.2, 0) is 6.42 Å². The van der Waals surface area contributed by atoms with Crippen LogP contribution in [0, 0.1) is 0 Å². The minimum atomic E-state index is -0.507. The smallest absolute Gasteiger partial charge is 0.0795 e. The van der Waals surface area contributed by atoms with E-state index in [0.717, 1.165) is 17.6 Å². The van der Waals surface area contributed by atoms with Crippen LogP contribution in [0.4, 0.5) is 0 Å². The highest BCUT2D eigenvalue weighted by molar-refractivity contribution is 6.34. The van der Waals surface area contributed by atoms with Crippen molar-refractivity contribution >= 4 is 23.2 Å². The first-order valence-electron chi connectivity index (χ1n) is 5.04. The van der Waals surface area contributed by atoms with Crippen LogP contribution in [0.2, 0.25) is 10.0 Å². The van der Waals surface area contributed by atoms with Gasteiger partial charge in [0.1, 0.15) is 0 Å². The van der Waals surface area contributed by atoms with E-state index in [1.165, 1.54) is 0 Å². The van der Waals surface area contributed by atoms with Crippen molar-refractivity contribution in [1.29, 1.82) is 0 Å². The fourth-order valence-electron chi connectivity index (χ4n) is 1.48. The number of hydrogen-bond acceptors (Lipinski definition) is 1. The van der Waals surface area contributed by atoms with Gasteiger partial charge >= 0.3 is 0 Å². The third-order valence-electron chi connectivity index (χ3n) is 2.34. The van der Waals surface area contributed by atoms with Gasteiger partial charge in [0.15, 0.2) is 0 Å². The molecule has 86 valence electrons. The molecule has 0 saturated heterocycles. The maximum atomic E-state index is 9.41. The molecule has 1 atom stereocenters. The van der Waals surface area contributed by atoms with Gasteiger partial charge in [0.2, 0.25) is 0 Å². The maximum Gasteiger partial charge on any atom is 0.0795 e. The molecule has 1 nitrogen and oxygen atoms in total. The molecule has 1 rings (SSSR count). The van der Waals surface area contributed by atoms with E-state index in [0.29, 0.717) is 16.5 Å². The van der Waals surface area contributed by atoms with Crippen molar-refractivity contribution in [3.05, 3.63) is 51.7 Å². The van der Waals surface area contributed by atoms with Crippen LogP contribution < -0.4 is 0 Å². The molecule has 0 saturated carbocycles. The molecule has 0 aromatic heterocycles. The average Bonchev–Trinajstić information content (AvgIpc) is 2.16. The molecule has 0 radical (unpaired) electrons. The van der Waals surface area contributed by atoms with Crippen molar-refractivity contribution in [3.8, 4) is 0 Å². The van der Waals surface area contributed by atoms with Gasteiger partial charge in [-0.3, -0.25) is 0 Å². The summed E-state index contributed by atoms with van der Waals surface area (Å²) in [5.74, 6) is 0. The Balaban J connectivity index is 2.71. The molecule has 0 aliphatic heterocycles. The quantitative estimate of drug-likeness (QED) is 0.808. The van der Waals surface area contributed by atoms with Gasteiger partial charge in [0.05, 0.1) is 6.10 Å². The molecule has 1 N–H and O–H groups in total. The van der Waals surface area contributed by atoms with E-state index in [2.05, 4.69) is 12.3 Å². The van der Waals surface area contributed by atoms with Gasteiger partial charge in [-0.15, -0.1) is 5.73 Å². The van der Waals surface area contributed by atoms with Crippen LogP contribution >= 0.6 is 23.2 Å². The average molecular weight is 257 g/mol. The Morgan fingerprint density at radius 2 is 1.94 bits per heavy atom. The number of aliphatic hydroxyl groups excluding tert-OH is 1. The van der Waals surface area contributed by atoms with E-state index >= 15 is 0 Å². The molecule has 1 aromatic carbocycles. The number of hydrogen-bond donors (Lipinski definition) is 1. The zero-order chi connectivity index (χ0) is 12.1. The molecule has 0 amide bonds. The number of benzene rings is 1. The van der Waals surface area contributed by atoms with Crippen LogP contribution in [0.3, 0.4) is 0 Å². The molecule has 0 aliphatic rings. The molecule has 3 heteroatoms. The Bertz CT molecular complexity index is 398. The van der Waals surface area contributed by atoms with Crippen molar-refractivity contribution in [1.82, 2.24) is 0 Å². The van der Waals surface area contributed by atoms with E-state index in [4.69, 9.17) is 23.2 Å². The first-order valence-corrected chi connectivity index (χ1v) is 5.80. The van der Waals surface area contributed by atoms with Gasteiger partial charge in [0.25, 0.3) is 0 Å². The highest BCUT2D eigenvalue weighted by Gasteiger charge is 2.05. The summed E-state index contributed by atoms with van der Waals surface area (Å²) in [6.07, 6.45) is 0.966. The molecule has 1 unspecified atom stereocenters. The third-order valence-corrected chi connectivity index (χ3v) is 2.77. The minimum absolute atomic E-state index is 0.507. The lowest BCUT2D eigenvalue weighted by Gasteiger charge is -2.08. The van der Waals surface area contributed by atoms with E-state index in [1.54, 1.807) is 13.0 Å². The Morgan fingerprint density at radius 3 is 2.38 bits per heavy atom. The molecule has 0 heterocycles. The monoisotopic (exact) mass is 256 g/mol. The van der Waals surface area contributed by atoms with E-state index < -0.39 is 6.10 Å². The SMILES string of the molecule is C=C=C(CCc1cc(Cl)cc(Cl)c1)C(C)O. The number of halogens is 2. The molecule has 0 fully saturated rings. The summed E-state index contributed by atoms with van der Waals surface area (Å²) < 4.78 is 0. The second-order valence-corrected chi connectivity index (χ2v) is 4.53. The summed E-state index contributed by atoms with van der Waals surface area (Å²) in [6, 6.07) is 5.44. The minimum Gasteiger partial charge on any atom is -0.388 e. The number of rotatable bonds is 4. The maximum absolute atomic E-state index is 9.41. The highest BCUT2D eigenvalue weighted by Crippen LogP contribution is 2.21. The molecule has 1 aromatic rings. The fourth-order valence-corrected chi connectivity index (χ4v) is 2.05. The van der Waals surface area contributed by atoms with Gasteiger partial charge in [-0.25, -0.2) is 0 Å². The van der Waals surface area contributed by atoms with Crippen LogP contribution in [0.25, 0.3) is 0 Å². The standard InChI is InChI=1S/C13H14Cl2O/c1-3-11(9(2)16)5-4-10-6-12(14)8-13(15)7-10/h6-9,16H,1,4-5H2,2H3. The molecule has 0 bridgehead atoms. The summed E-state index contributed by atoms with van der Waals surface area (Å²) in [5.41, 5.74) is 4.60. The van der Waals surface area contributed by atoms with Gasteiger partial charge in [0, 0.05) is 10.0 Å². The van der Waals surface area contributed by atoms with Crippen molar-refractivity contribution in [2.45, 2.75) is 25.9 Å². The zero-order valence-electron chi connectivity index (χ0n) is 9.13. The second kappa shape index (κ2) is 6.12. The summed E-state index contributed by atoms with van der Waals surface area (Å²) in [5, 5.41) is 10.7. The molecule has 16 heavy (non-hydrogen) atoms. The van der Waals surface area contributed by atoms with Crippen LogP contribution in [0.1, 0.15) is 18.9 Å². The number of aryl methyl sites for hydroxylation is 1. The molecule has 0 aliphatic carbocycles. The third kappa shape index (κ3) is 4.03. The Morgan fingerprint density at radius 1 is 1.38 bits per heavy atom. The Labute approximate surface area is 106 Å². The second-order valence-electron chi connectivity index (χ2n) is 3.66. The lowest BCUT2D eigenvalue weighted by molar-refractivity contribution is 0.227. The highest BCUT2D eigenvalue weighted by atomic mass is 35.5.